The number of aryl methyl sites for hydroxylation is 1. The van der Waals surface area contributed by atoms with E-state index >= 15 is 0 Å². The van der Waals surface area contributed by atoms with Crippen molar-refractivity contribution in [3.8, 4) is 0 Å². The van der Waals surface area contributed by atoms with E-state index < -0.39 is 27.2 Å². The molecule has 20 heavy (non-hydrogen) atoms. The molecule has 0 aromatic heterocycles. The number of Topliss-reactive ketones (excluding diaryl/α,β-unsaturated/α-hetero) is 1. The first-order valence-electron chi connectivity index (χ1n) is 5.97. The SMILES string of the molecule is Cc1cccc(C(=O)CS(=O)(=O)c2cccc(F)c2)c1. The number of carbonyl (C=O) groups excluding carboxylic acids is 1. The van der Waals surface area contributed by atoms with Gasteiger partial charge < -0.3 is 0 Å². The number of ketones is 1. The molecule has 0 aliphatic heterocycles. The van der Waals surface area contributed by atoms with Crippen molar-refractivity contribution in [2.45, 2.75) is 11.8 Å². The van der Waals surface area contributed by atoms with Gasteiger partial charge in [0.1, 0.15) is 11.6 Å². The minimum absolute atomic E-state index is 0.182. The molecule has 104 valence electrons. The number of hydrogen-bond donors (Lipinski definition) is 0. The van der Waals surface area contributed by atoms with Gasteiger partial charge in [-0.3, -0.25) is 4.79 Å². The van der Waals surface area contributed by atoms with Crippen molar-refractivity contribution in [2.75, 3.05) is 5.75 Å². The molecule has 2 aromatic rings. The van der Waals surface area contributed by atoms with Crippen molar-refractivity contribution in [3.05, 3.63) is 65.5 Å². The first-order valence-corrected chi connectivity index (χ1v) is 7.62. The van der Waals surface area contributed by atoms with Crippen molar-refractivity contribution in [2.24, 2.45) is 0 Å². The van der Waals surface area contributed by atoms with E-state index in [0.29, 0.717) is 5.56 Å². The molecule has 0 bridgehead atoms. The van der Waals surface area contributed by atoms with E-state index in [0.717, 1.165) is 17.7 Å². The number of benzene rings is 2. The van der Waals surface area contributed by atoms with Crippen LogP contribution in [0.25, 0.3) is 0 Å². The summed E-state index contributed by atoms with van der Waals surface area (Å²) in [6.45, 7) is 1.82. The number of halogens is 1. The Kier molecular flexibility index (Phi) is 3.99. The molecule has 2 rings (SSSR count). The minimum Gasteiger partial charge on any atom is -0.293 e. The molecule has 0 aliphatic carbocycles. The predicted octanol–water partition coefficient (Wildman–Crippen LogP) is 2.79. The summed E-state index contributed by atoms with van der Waals surface area (Å²) in [6.07, 6.45) is 0. The van der Waals surface area contributed by atoms with Crippen molar-refractivity contribution < 1.29 is 17.6 Å². The molecule has 0 aliphatic rings. The molecule has 0 unspecified atom stereocenters. The van der Waals surface area contributed by atoms with Crippen LogP contribution in [-0.4, -0.2) is 20.0 Å². The molecule has 0 radical (unpaired) electrons. The topological polar surface area (TPSA) is 51.2 Å². The lowest BCUT2D eigenvalue weighted by Crippen LogP contribution is -2.16. The highest BCUT2D eigenvalue weighted by Gasteiger charge is 2.20. The summed E-state index contributed by atoms with van der Waals surface area (Å²) in [7, 11) is -3.83. The van der Waals surface area contributed by atoms with Gasteiger partial charge in [0.05, 0.1) is 4.90 Å². The van der Waals surface area contributed by atoms with E-state index in [-0.39, 0.29) is 4.90 Å². The smallest absolute Gasteiger partial charge is 0.185 e. The number of carbonyl (C=O) groups is 1. The van der Waals surface area contributed by atoms with Crippen LogP contribution in [0, 0.1) is 12.7 Å². The zero-order valence-corrected chi connectivity index (χ0v) is 11.7. The number of hydrogen-bond acceptors (Lipinski definition) is 3. The molecule has 0 saturated carbocycles. The van der Waals surface area contributed by atoms with Crippen LogP contribution in [-0.2, 0) is 9.84 Å². The first kappa shape index (κ1) is 14.4. The third kappa shape index (κ3) is 3.30. The molecule has 0 spiro atoms. The maximum Gasteiger partial charge on any atom is 0.185 e. The van der Waals surface area contributed by atoms with Crippen LogP contribution in [0.15, 0.2) is 53.4 Å². The third-order valence-electron chi connectivity index (χ3n) is 2.82. The van der Waals surface area contributed by atoms with Crippen molar-refractivity contribution >= 4 is 15.6 Å². The minimum atomic E-state index is -3.83. The Balaban J connectivity index is 2.27. The zero-order valence-electron chi connectivity index (χ0n) is 10.8. The van der Waals surface area contributed by atoms with E-state index in [2.05, 4.69) is 0 Å². The van der Waals surface area contributed by atoms with Crippen LogP contribution in [0.3, 0.4) is 0 Å². The summed E-state index contributed by atoms with van der Waals surface area (Å²) in [5, 5.41) is 0. The summed E-state index contributed by atoms with van der Waals surface area (Å²) in [5.74, 6) is -1.81. The Morgan fingerprint density at radius 1 is 1.10 bits per heavy atom. The van der Waals surface area contributed by atoms with Gasteiger partial charge in [-0.15, -0.1) is 0 Å². The molecule has 0 atom stereocenters. The van der Waals surface area contributed by atoms with Crippen molar-refractivity contribution in [1.82, 2.24) is 0 Å². The van der Waals surface area contributed by atoms with Gasteiger partial charge in [0, 0.05) is 5.56 Å². The van der Waals surface area contributed by atoms with E-state index in [1.54, 1.807) is 18.2 Å². The second kappa shape index (κ2) is 5.54. The van der Waals surface area contributed by atoms with Crippen LogP contribution in [0.2, 0.25) is 0 Å². The third-order valence-corrected chi connectivity index (χ3v) is 4.43. The molecule has 0 saturated heterocycles. The lowest BCUT2D eigenvalue weighted by atomic mass is 10.1. The number of rotatable bonds is 4. The Morgan fingerprint density at radius 2 is 1.80 bits per heavy atom. The van der Waals surface area contributed by atoms with Crippen LogP contribution < -0.4 is 0 Å². The van der Waals surface area contributed by atoms with Gasteiger partial charge in [0.25, 0.3) is 0 Å². The number of sulfone groups is 1. The van der Waals surface area contributed by atoms with Crippen LogP contribution in [0.4, 0.5) is 4.39 Å². The fourth-order valence-corrected chi connectivity index (χ4v) is 3.07. The van der Waals surface area contributed by atoms with Crippen LogP contribution in [0.1, 0.15) is 15.9 Å². The van der Waals surface area contributed by atoms with Gasteiger partial charge in [-0.05, 0) is 31.2 Å². The molecule has 0 heterocycles. The predicted molar refractivity (Wildman–Crippen MR) is 74.0 cm³/mol. The van der Waals surface area contributed by atoms with Gasteiger partial charge in [0.2, 0.25) is 0 Å². The second-order valence-corrected chi connectivity index (χ2v) is 6.50. The maximum atomic E-state index is 13.1. The van der Waals surface area contributed by atoms with E-state index in [9.17, 15) is 17.6 Å². The summed E-state index contributed by atoms with van der Waals surface area (Å²) in [4.78, 5) is 11.8. The fourth-order valence-electron chi connectivity index (χ4n) is 1.82. The highest BCUT2D eigenvalue weighted by Crippen LogP contribution is 2.15. The van der Waals surface area contributed by atoms with Gasteiger partial charge in [-0.25, -0.2) is 12.8 Å². The Labute approximate surface area is 117 Å². The normalized spacial score (nSPS) is 11.3. The monoisotopic (exact) mass is 292 g/mol. The summed E-state index contributed by atoms with van der Waals surface area (Å²) < 4.78 is 37.2. The molecular formula is C15H13FO3S. The lowest BCUT2D eigenvalue weighted by Gasteiger charge is -2.05. The Hall–Kier alpha value is -2.01. The summed E-state index contributed by atoms with van der Waals surface area (Å²) in [6, 6.07) is 11.4. The molecule has 0 fully saturated rings. The van der Waals surface area contributed by atoms with Gasteiger partial charge in [-0.2, -0.15) is 0 Å². The van der Waals surface area contributed by atoms with Crippen LogP contribution >= 0.6 is 0 Å². The van der Waals surface area contributed by atoms with E-state index in [4.69, 9.17) is 0 Å². The standard InChI is InChI=1S/C15H13FO3S/c1-11-4-2-5-12(8-11)15(17)10-20(18,19)14-7-3-6-13(16)9-14/h2-9H,10H2,1H3. The highest BCUT2D eigenvalue weighted by atomic mass is 32.2. The van der Waals surface area contributed by atoms with E-state index in [1.807, 2.05) is 13.0 Å². The molecule has 3 nitrogen and oxygen atoms in total. The fraction of sp³-hybridized carbons (Fsp3) is 0.133. The molecular weight excluding hydrogens is 279 g/mol. The summed E-state index contributed by atoms with van der Waals surface area (Å²) in [5.41, 5.74) is 1.21. The summed E-state index contributed by atoms with van der Waals surface area (Å²) >= 11 is 0. The van der Waals surface area contributed by atoms with Crippen molar-refractivity contribution in [1.29, 1.82) is 0 Å². The molecule has 0 amide bonds. The van der Waals surface area contributed by atoms with Gasteiger partial charge in [-0.1, -0.05) is 29.8 Å². The average Bonchev–Trinajstić information content (AvgIpc) is 2.38. The maximum absolute atomic E-state index is 13.1. The first-order chi connectivity index (χ1) is 9.38. The quantitative estimate of drug-likeness (QED) is 0.814. The van der Waals surface area contributed by atoms with E-state index in [1.165, 1.54) is 12.1 Å². The zero-order chi connectivity index (χ0) is 14.8. The lowest BCUT2D eigenvalue weighted by molar-refractivity contribution is 0.102. The average molecular weight is 292 g/mol. The molecule has 2 aromatic carbocycles. The van der Waals surface area contributed by atoms with Crippen LogP contribution in [0.5, 0.6) is 0 Å². The van der Waals surface area contributed by atoms with Crippen molar-refractivity contribution in [3.63, 3.8) is 0 Å². The molecule has 0 N–H and O–H groups in total. The molecule has 5 heteroatoms. The van der Waals surface area contributed by atoms with Gasteiger partial charge >= 0.3 is 0 Å². The highest BCUT2D eigenvalue weighted by molar-refractivity contribution is 7.92. The Bertz CT molecular complexity index is 751. The largest absolute Gasteiger partial charge is 0.293 e. The Morgan fingerprint density at radius 3 is 2.45 bits per heavy atom. The second-order valence-electron chi connectivity index (χ2n) is 4.51. The van der Waals surface area contributed by atoms with Gasteiger partial charge in [0.15, 0.2) is 15.6 Å².